The van der Waals surface area contributed by atoms with E-state index in [2.05, 4.69) is 12.2 Å². The first-order chi connectivity index (χ1) is 16.0. The Morgan fingerprint density at radius 3 is 1.59 bits per heavy atom. The van der Waals surface area contributed by atoms with E-state index in [1.54, 1.807) is 0 Å². The summed E-state index contributed by atoms with van der Waals surface area (Å²) in [5.74, 6) is -1.02. The van der Waals surface area contributed by atoms with E-state index in [1.165, 1.54) is 9.80 Å². The molecule has 2 aliphatic heterocycles. The van der Waals surface area contributed by atoms with Crippen molar-refractivity contribution in [3.8, 4) is 0 Å². The molecule has 2 saturated heterocycles. The molecular formula is C28H32N2O4. The van der Waals surface area contributed by atoms with Gasteiger partial charge in [0.15, 0.2) is 0 Å². The van der Waals surface area contributed by atoms with Crippen LogP contribution in [0.4, 0.5) is 0 Å². The van der Waals surface area contributed by atoms with E-state index in [0.717, 1.165) is 22.3 Å². The zero-order valence-electron chi connectivity index (χ0n) is 20.4. The Kier molecular flexibility index (Phi) is 5.19. The van der Waals surface area contributed by atoms with Crippen LogP contribution < -0.4 is 0 Å². The summed E-state index contributed by atoms with van der Waals surface area (Å²) in [6.07, 6.45) is 6.59. The van der Waals surface area contributed by atoms with Crippen LogP contribution in [0.25, 0.3) is 0 Å². The number of amides is 4. The van der Waals surface area contributed by atoms with Gasteiger partial charge in [-0.3, -0.25) is 29.0 Å². The first-order valence-electron chi connectivity index (χ1n) is 12.2. The predicted octanol–water partition coefficient (Wildman–Crippen LogP) is 4.15. The maximum Gasteiger partial charge on any atom is 0.236 e. The molecule has 34 heavy (non-hydrogen) atoms. The molecule has 5 rings (SSSR count). The van der Waals surface area contributed by atoms with Crippen LogP contribution in [0, 0.1) is 22.7 Å². The van der Waals surface area contributed by atoms with Crippen molar-refractivity contribution in [1.29, 1.82) is 0 Å². The highest BCUT2D eigenvalue weighted by Crippen LogP contribution is 2.49. The number of imide groups is 2. The molecule has 1 aromatic carbocycles. The average Bonchev–Trinajstić information content (AvgIpc) is 3.07. The van der Waals surface area contributed by atoms with Crippen molar-refractivity contribution < 1.29 is 19.2 Å². The molecule has 0 spiro atoms. The highest BCUT2D eigenvalue weighted by atomic mass is 16.2. The van der Waals surface area contributed by atoms with Crippen molar-refractivity contribution in [1.82, 2.24) is 9.80 Å². The summed E-state index contributed by atoms with van der Waals surface area (Å²) in [5.41, 5.74) is 2.63. The summed E-state index contributed by atoms with van der Waals surface area (Å²) in [7, 11) is 0. The number of hydrogen-bond acceptors (Lipinski definition) is 4. The number of carbonyl (C=O) groups is 4. The van der Waals surface area contributed by atoms with E-state index < -0.39 is 10.8 Å². The molecule has 178 valence electrons. The minimum absolute atomic E-state index is 0.105. The van der Waals surface area contributed by atoms with E-state index in [1.807, 2.05) is 52.0 Å². The Balaban J connectivity index is 1.34. The molecule has 0 radical (unpaired) electrons. The van der Waals surface area contributed by atoms with Crippen molar-refractivity contribution in [2.75, 3.05) is 0 Å². The van der Waals surface area contributed by atoms with Gasteiger partial charge in [-0.1, -0.05) is 47.6 Å². The van der Waals surface area contributed by atoms with E-state index >= 15 is 0 Å². The molecule has 4 aliphatic rings. The number of nitrogens with zero attached hydrogens (tertiary/aromatic N) is 2. The monoisotopic (exact) mass is 460 g/mol. The molecule has 2 heterocycles. The number of allylic oxidation sites excluding steroid dienone is 4. The molecule has 4 amide bonds. The lowest BCUT2D eigenvalue weighted by Gasteiger charge is -2.30. The summed E-state index contributed by atoms with van der Waals surface area (Å²) in [6.45, 7) is 8.27. The van der Waals surface area contributed by atoms with Gasteiger partial charge in [-0.25, -0.2) is 0 Å². The number of likely N-dealkylation sites (tertiary alicyclic amines) is 2. The van der Waals surface area contributed by atoms with E-state index in [0.29, 0.717) is 25.7 Å². The molecule has 4 atom stereocenters. The maximum absolute atomic E-state index is 13.3. The number of carbonyl (C=O) groups excluding carboxylic acids is 4. The topological polar surface area (TPSA) is 74.8 Å². The highest BCUT2D eigenvalue weighted by Gasteiger charge is 2.57. The fourth-order valence-corrected chi connectivity index (χ4v) is 6.59. The quantitative estimate of drug-likeness (QED) is 0.500. The van der Waals surface area contributed by atoms with E-state index in [4.69, 9.17) is 0 Å². The van der Waals surface area contributed by atoms with Gasteiger partial charge in [-0.2, -0.15) is 0 Å². The number of benzene rings is 1. The number of hydrogen-bond donors (Lipinski definition) is 0. The zero-order valence-corrected chi connectivity index (χ0v) is 20.4. The van der Waals surface area contributed by atoms with Crippen molar-refractivity contribution in [3.63, 3.8) is 0 Å². The Labute approximate surface area is 200 Å². The zero-order chi connectivity index (χ0) is 24.4. The van der Waals surface area contributed by atoms with Crippen LogP contribution in [0.3, 0.4) is 0 Å². The van der Waals surface area contributed by atoms with Gasteiger partial charge < -0.3 is 0 Å². The minimum Gasteiger partial charge on any atom is -0.277 e. The molecule has 2 fully saturated rings. The van der Waals surface area contributed by atoms with Crippen molar-refractivity contribution >= 4 is 23.6 Å². The SMILES string of the molecule is CC1=CCC2C(=O)N(Cc3cccc(CN4C(=O)C5CC=C(C)CC5(C)C4=O)c3)C(=O)C2(C)C1. The second kappa shape index (κ2) is 7.76. The lowest BCUT2D eigenvalue weighted by Crippen LogP contribution is -2.35. The Bertz CT molecular complexity index is 1090. The Hall–Kier alpha value is -3.02. The van der Waals surface area contributed by atoms with Gasteiger partial charge in [0.2, 0.25) is 23.6 Å². The summed E-state index contributed by atoms with van der Waals surface area (Å²) in [5, 5.41) is 0. The first kappa shape index (κ1) is 22.8. The second-order valence-corrected chi connectivity index (χ2v) is 11.1. The largest absolute Gasteiger partial charge is 0.277 e. The summed E-state index contributed by atoms with van der Waals surface area (Å²) >= 11 is 0. The van der Waals surface area contributed by atoms with Crippen molar-refractivity contribution in [2.45, 2.75) is 66.5 Å². The molecular weight excluding hydrogens is 428 g/mol. The van der Waals surface area contributed by atoms with Crippen molar-refractivity contribution in [2.24, 2.45) is 22.7 Å². The average molecular weight is 461 g/mol. The maximum atomic E-state index is 13.3. The van der Waals surface area contributed by atoms with Crippen LogP contribution >= 0.6 is 0 Å². The molecule has 0 aromatic heterocycles. The van der Waals surface area contributed by atoms with E-state index in [-0.39, 0.29) is 48.6 Å². The predicted molar refractivity (Wildman–Crippen MR) is 127 cm³/mol. The molecule has 0 bridgehead atoms. The van der Waals surface area contributed by atoms with Gasteiger partial charge in [0.1, 0.15) is 0 Å². The van der Waals surface area contributed by atoms with Crippen LogP contribution in [0.1, 0.15) is 64.5 Å². The molecule has 1 aromatic rings. The third-order valence-corrected chi connectivity index (χ3v) is 8.50. The smallest absolute Gasteiger partial charge is 0.236 e. The van der Waals surface area contributed by atoms with Crippen LogP contribution in [0.2, 0.25) is 0 Å². The third-order valence-electron chi connectivity index (χ3n) is 8.50. The van der Waals surface area contributed by atoms with Gasteiger partial charge in [0.05, 0.1) is 35.8 Å². The summed E-state index contributed by atoms with van der Waals surface area (Å²) in [6, 6.07) is 7.55. The van der Waals surface area contributed by atoms with Crippen molar-refractivity contribution in [3.05, 3.63) is 58.7 Å². The Morgan fingerprint density at radius 1 is 0.765 bits per heavy atom. The lowest BCUT2D eigenvalue weighted by molar-refractivity contribution is -0.143. The van der Waals surface area contributed by atoms with Gasteiger partial charge >= 0.3 is 0 Å². The number of fused-ring (bicyclic) bond motifs is 2. The molecule has 4 unspecified atom stereocenters. The molecule has 6 heteroatoms. The van der Waals surface area contributed by atoms with E-state index in [9.17, 15) is 19.2 Å². The van der Waals surface area contributed by atoms with Gasteiger partial charge in [-0.05, 0) is 64.5 Å². The first-order valence-corrected chi connectivity index (χ1v) is 12.2. The number of rotatable bonds is 4. The highest BCUT2D eigenvalue weighted by molar-refractivity contribution is 6.08. The van der Waals surface area contributed by atoms with Gasteiger partial charge in [0.25, 0.3) is 0 Å². The second-order valence-electron chi connectivity index (χ2n) is 11.1. The van der Waals surface area contributed by atoms with Crippen LogP contribution in [0.15, 0.2) is 47.6 Å². The lowest BCUT2D eigenvalue weighted by atomic mass is 9.69. The fraction of sp³-hybridized carbons (Fsp3) is 0.500. The summed E-state index contributed by atoms with van der Waals surface area (Å²) < 4.78 is 0. The van der Waals surface area contributed by atoms with Crippen LogP contribution in [-0.2, 0) is 32.3 Å². The minimum atomic E-state index is -0.667. The van der Waals surface area contributed by atoms with Gasteiger partial charge in [0, 0.05) is 0 Å². The normalized spacial score (nSPS) is 33.2. The van der Waals surface area contributed by atoms with Crippen LogP contribution in [0.5, 0.6) is 0 Å². The van der Waals surface area contributed by atoms with Crippen LogP contribution in [-0.4, -0.2) is 33.4 Å². The molecule has 2 aliphatic carbocycles. The standard InChI is InChI=1S/C28H32N2O4/c1-17-8-10-21-23(31)29(25(33)27(21,3)13-17)15-19-6-5-7-20(12-19)16-30-24(32)22-11-9-18(2)14-28(22,4)26(30)34/h5-9,12,21-22H,10-11,13-16H2,1-4H3. The molecule has 0 saturated carbocycles. The fourth-order valence-electron chi connectivity index (χ4n) is 6.59. The summed E-state index contributed by atoms with van der Waals surface area (Å²) in [4.78, 5) is 55.5. The third kappa shape index (κ3) is 3.29. The molecule has 6 nitrogen and oxygen atoms in total. The van der Waals surface area contributed by atoms with Gasteiger partial charge in [-0.15, -0.1) is 0 Å². The molecule has 0 N–H and O–H groups in total. The Morgan fingerprint density at radius 2 is 1.18 bits per heavy atom.